The molecule has 1 amide bonds. The second-order valence-electron chi connectivity index (χ2n) is 9.21. The number of amides is 1. The molecule has 3 rings (SSSR count). The summed E-state index contributed by atoms with van der Waals surface area (Å²) in [5, 5.41) is 0. The van der Waals surface area contributed by atoms with Crippen molar-refractivity contribution < 1.29 is 36.2 Å². The molecule has 0 radical (unpaired) electrons. The monoisotopic (exact) mass is 489 g/mol. The van der Waals surface area contributed by atoms with E-state index >= 15 is 0 Å². The highest BCUT2D eigenvalue weighted by molar-refractivity contribution is 5.97. The summed E-state index contributed by atoms with van der Waals surface area (Å²) in [5.74, 6) is -1.41. The minimum atomic E-state index is -4.73. The van der Waals surface area contributed by atoms with Crippen LogP contribution in [0, 0.1) is 0 Å². The molecule has 1 atom stereocenters. The number of nitrogens with zero attached hydrogens (tertiary/aromatic N) is 3. The van der Waals surface area contributed by atoms with E-state index in [1.807, 2.05) is 25.5 Å². The first kappa shape index (κ1) is 25.9. The molecule has 1 aliphatic rings. The van der Waals surface area contributed by atoms with Gasteiger partial charge in [-0.25, -0.2) is 8.78 Å². The highest BCUT2D eigenvalue weighted by Gasteiger charge is 2.32. The zero-order valence-corrected chi connectivity index (χ0v) is 19.5. The van der Waals surface area contributed by atoms with Crippen LogP contribution in [-0.2, 0) is 29.9 Å². The number of hydrogen-bond acceptors (Lipinski definition) is 3. The normalized spacial score (nSPS) is 17.6. The van der Waals surface area contributed by atoms with Crippen LogP contribution in [-0.4, -0.2) is 41.0 Å². The van der Waals surface area contributed by atoms with Crippen LogP contribution in [0.2, 0.25) is 0 Å². The number of benzene rings is 1. The number of hydrogen-bond donors (Lipinski definition) is 0. The van der Waals surface area contributed by atoms with Crippen molar-refractivity contribution in [3.8, 4) is 5.75 Å². The quantitative estimate of drug-likeness (QED) is 0.553. The molecule has 1 aliphatic heterocycles. The van der Waals surface area contributed by atoms with Crippen LogP contribution in [0.4, 0.5) is 22.0 Å². The molecule has 0 aliphatic carbocycles. The molecular formula is C23H28F5N3O3. The standard InChI is InChI=1S/C23H28F5N3O3/c1-22(2,3)18-11-20(31(30(18)4)12-15-6-5-9-33-15)29-21(32)16-10-14(23(26,27)28)7-8-17(16)34-13-19(24)25/h7-8,10-11,15,19H,5-6,9,12-13H2,1-4H3/b29-20+/t15-/m1/s1. The molecule has 11 heteroatoms. The number of carbonyl (C=O) groups excluding carboxylic acids is 1. The number of halogens is 5. The van der Waals surface area contributed by atoms with Gasteiger partial charge >= 0.3 is 6.18 Å². The van der Waals surface area contributed by atoms with Crippen molar-refractivity contribution in [3.63, 3.8) is 0 Å². The average molecular weight is 489 g/mol. The van der Waals surface area contributed by atoms with Gasteiger partial charge in [0.15, 0.2) is 5.49 Å². The summed E-state index contributed by atoms with van der Waals surface area (Å²) in [4.78, 5) is 17.2. The van der Waals surface area contributed by atoms with E-state index in [4.69, 9.17) is 9.47 Å². The van der Waals surface area contributed by atoms with Gasteiger partial charge in [0.1, 0.15) is 12.4 Å². The maximum Gasteiger partial charge on any atom is 0.416 e. The van der Waals surface area contributed by atoms with Crippen LogP contribution >= 0.6 is 0 Å². The summed E-state index contributed by atoms with van der Waals surface area (Å²) in [6.07, 6.45) is -5.95. The molecule has 188 valence electrons. The molecule has 1 fully saturated rings. The van der Waals surface area contributed by atoms with Gasteiger partial charge in [0.2, 0.25) is 0 Å². The van der Waals surface area contributed by atoms with Gasteiger partial charge in [-0.05, 0) is 31.0 Å². The Morgan fingerprint density at radius 2 is 1.94 bits per heavy atom. The molecule has 34 heavy (non-hydrogen) atoms. The lowest BCUT2D eigenvalue weighted by atomic mass is 9.92. The fraction of sp³-hybridized carbons (Fsp3) is 0.565. The van der Waals surface area contributed by atoms with Gasteiger partial charge < -0.3 is 9.47 Å². The van der Waals surface area contributed by atoms with Gasteiger partial charge in [-0.15, -0.1) is 0 Å². The van der Waals surface area contributed by atoms with Gasteiger partial charge in [0.05, 0.1) is 23.8 Å². The van der Waals surface area contributed by atoms with Crippen molar-refractivity contribution in [1.29, 1.82) is 0 Å². The van der Waals surface area contributed by atoms with E-state index in [0.717, 1.165) is 24.6 Å². The summed E-state index contributed by atoms with van der Waals surface area (Å²) in [6, 6.07) is 3.81. The van der Waals surface area contributed by atoms with Crippen molar-refractivity contribution in [2.45, 2.75) is 64.3 Å². The number of alkyl halides is 5. The van der Waals surface area contributed by atoms with E-state index in [-0.39, 0.29) is 22.8 Å². The van der Waals surface area contributed by atoms with Crippen molar-refractivity contribution >= 4 is 5.91 Å². The first-order valence-electron chi connectivity index (χ1n) is 10.9. The Hall–Kier alpha value is -2.69. The molecule has 0 spiro atoms. The Morgan fingerprint density at radius 1 is 1.24 bits per heavy atom. The summed E-state index contributed by atoms with van der Waals surface area (Å²) < 4.78 is 79.3. The van der Waals surface area contributed by atoms with E-state index in [1.54, 1.807) is 17.8 Å². The minimum absolute atomic E-state index is 0.0889. The molecule has 2 aromatic rings. The average Bonchev–Trinajstić information content (AvgIpc) is 3.34. The number of aromatic nitrogens is 2. The fourth-order valence-electron chi connectivity index (χ4n) is 3.88. The van der Waals surface area contributed by atoms with Crippen molar-refractivity contribution in [1.82, 2.24) is 9.36 Å². The van der Waals surface area contributed by atoms with Crippen LogP contribution < -0.4 is 10.2 Å². The van der Waals surface area contributed by atoms with Crippen LogP contribution in [0.5, 0.6) is 5.75 Å². The van der Waals surface area contributed by atoms with Crippen LogP contribution in [0.3, 0.4) is 0 Å². The molecule has 1 aromatic heterocycles. The minimum Gasteiger partial charge on any atom is -0.487 e. The maximum atomic E-state index is 13.3. The van der Waals surface area contributed by atoms with Gasteiger partial charge in [-0.1, -0.05) is 20.8 Å². The third kappa shape index (κ3) is 6.05. The summed E-state index contributed by atoms with van der Waals surface area (Å²) >= 11 is 0. The fourth-order valence-corrected chi connectivity index (χ4v) is 3.88. The predicted octanol–water partition coefficient (Wildman–Crippen LogP) is 4.71. The predicted molar refractivity (Wildman–Crippen MR) is 114 cm³/mol. The van der Waals surface area contributed by atoms with E-state index in [0.29, 0.717) is 25.3 Å². The smallest absolute Gasteiger partial charge is 0.416 e. The molecule has 0 saturated carbocycles. The first-order valence-corrected chi connectivity index (χ1v) is 10.9. The molecule has 1 saturated heterocycles. The van der Waals surface area contributed by atoms with Gasteiger partial charge in [0, 0.05) is 30.8 Å². The summed E-state index contributed by atoms with van der Waals surface area (Å²) in [5.41, 5.74) is -0.891. The lowest BCUT2D eigenvalue weighted by Gasteiger charge is -2.21. The Morgan fingerprint density at radius 3 is 2.50 bits per heavy atom. The third-order valence-corrected chi connectivity index (χ3v) is 5.53. The van der Waals surface area contributed by atoms with Crippen LogP contribution in [0.1, 0.15) is 55.2 Å². The molecule has 6 nitrogen and oxygen atoms in total. The Labute approximate surface area is 194 Å². The number of carbonyl (C=O) groups is 1. The molecule has 1 aromatic carbocycles. The van der Waals surface area contributed by atoms with Gasteiger partial charge in [0.25, 0.3) is 12.3 Å². The highest BCUT2D eigenvalue weighted by Crippen LogP contribution is 2.33. The van der Waals surface area contributed by atoms with E-state index < -0.39 is 36.2 Å². The third-order valence-electron chi connectivity index (χ3n) is 5.53. The second kappa shape index (κ2) is 9.89. The van der Waals surface area contributed by atoms with Gasteiger partial charge in [-0.3, -0.25) is 14.2 Å². The van der Waals surface area contributed by atoms with E-state index in [9.17, 15) is 26.7 Å². The molecule has 0 unspecified atom stereocenters. The van der Waals surface area contributed by atoms with Crippen molar-refractivity contribution in [2.75, 3.05) is 13.2 Å². The Kier molecular flexibility index (Phi) is 7.54. The molecule has 0 bridgehead atoms. The highest BCUT2D eigenvalue weighted by atomic mass is 19.4. The zero-order valence-electron chi connectivity index (χ0n) is 19.5. The Balaban J connectivity index is 2.10. The summed E-state index contributed by atoms with van der Waals surface area (Å²) in [7, 11) is 1.81. The second-order valence-corrected chi connectivity index (χ2v) is 9.21. The number of rotatable bonds is 6. The largest absolute Gasteiger partial charge is 0.487 e. The Bertz CT molecular complexity index is 1090. The molecule has 2 heterocycles. The van der Waals surface area contributed by atoms with Crippen molar-refractivity contribution in [2.24, 2.45) is 12.0 Å². The molecule has 0 N–H and O–H groups in total. The summed E-state index contributed by atoms with van der Waals surface area (Å²) in [6.45, 7) is 5.90. The SMILES string of the molecule is Cn1c(C(C)(C)C)c/c(=N\C(=O)c2cc(C(F)(F)F)ccc2OCC(F)F)n1C[C@H]1CCCO1. The van der Waals surface area contributed by atoms with Crippen LogP contribution in [0.25, 0.3) is 0 Å². The van der Waals surface area contributed by atoms with Crippen LogP contribution in [0.15, 0.2) is 29.3 Å². The number of ether oxygens (including phenoxy) is 2. The maximum absolute atomic E-state index is 13.3. The lowest BCUT2D eigenvalue weighted by molar-refractivity contribution is -0.137. The topological polar surface area (TPSA) is 57.8 Å². The molecular weight excluding hydrogens is 461 g/mol. The first-order chi connectivity index (χ1) is 15.8. The lowest BCUT2D eigenvalue weighted by Crippen LogP contribution is -2.30. The van der Waals surface area contributed by atoms with Gasteiger partial charge in [-0.2, -0.15) is 18.2 Å². The zero-order chi connectivity index (χ0) is 25.3. The van der Waals surface area contributed by atoms with E-state index in [2.05, 4.69) is 4.99 Å². The van der Waals surface area contributed by atoms with Crippen molar-refractivity contribution in [3.05, 3.63) is 46.6 Å². The van der Waals surface area contributed by atoms with E-state index in [1.165, 1.54) is 0 Å².